The minimum Gasteiger partial charge on any atom is -0.311 e. The lowest BCUT2D eigenvalue weighted by Crippen LogP contribution is -2.48. The van der Waals surface area contributed by atoms with Gasteiger partial charge in [-0.25, -0.2) is 13.1 Å². The molecular formula is C11H22N2O2S. The molecule has 0 aromatic carbocycles. The first kappa shape index (κ1) is 12.3. The number of fused-ring (bicyclic) bond motifs is 2. The molecule has 2 rings (SSSR count). The standard InChI is InChI=1S/C11H22N2O2S/c1-8(2)7-16(14,15)13-11-5-9-3-4-10(6-11)12-9/h8-13H,3-7H2,1-2H3. The van der Waals surface area contributed by atoms with Gasteiger partial charge >= 0.3 is 0 Å². The molecule has 2 fully saturated rings. The summed E-state index contributed by atoms with van der Waals surface area (Å²) >= 11 is 0. The number of hydrogen-bond donors (Lipinski definition) is 2. The second-order valence-electron chi connectivity index (χ2n) is 5.60. The lowest BCUT2D eigenvalue weighted by atomic mass is 10.0. The smallest absolute Gasteiger partial charge is 0.212 e. The molecule has 2 unspecified atom stereocenters. The fraction of sp³-hybridized carbons (Fsp3) is 1.00. The van der Waals surface area contributed by atoms with E-state index >= 15 is 0 Å². The first-order valence-corrected chi connectivity index (χ1v) is 7.86. The van der Waals surface area contributed by atoms with Gasteiger partial charge in [-0.1, -0.05) is 13.8 Å². The Bertz CT molecular complexity index is 328. The van der Waals surface area contributed by atoms with Gasteiger partial charge in [-0.15, -0.1) is 0 Å². The van der Waals surface area contributed by atoms with Crippen LogP contribution < -0.4 is 10.0 Å². The molecule has 2 N–H and O–H groups in total. The van der Waals surface area contributed by atoms with Crippen LogP contribution in [0.3, 0.4) is 0 Å². The maximum Gasteiger partial charge on any atom is 0.212 e. The largest absolute Gasteiger partial charge is 0.311 e. The second-order valence-corrected chi connectivity index (χ2v) is 7.40. The minimum atomic E-state index is -3.08. The third kappa shape index (κ3) is 3.18. The van der Waals surface area contributed by atoms with E-state index in [9.17, 15) is 8.42 Å². The van der Waals surface area contributed by atoms with Gasteiger partial charge in [0.1, 0.15) is 0 Å². The Hall–Kier alpha value is -0.130. The molecular weight excluding hydrogens is 224 g/mol. The van der Waals surface area contributed by atoms with Crippen molar-refractivity contribution in [3.05, 3.63) is 0 Å². The van der Waals surface area contributed by atoms with Gasteiger partial charge in [0.05, 0.1) is 5.75 Å². The van der Waals surface area contributed by atoms with Crippen LogP contribution in [0.5, 0.6) is 0 Å². The van der Waals surface area contributed by atoms with Crippen molar-refractivity contribution in [3.63, 3.8) is 0 Å². The van der Waals surface area contributed by atoms with E-state index in [2.05, 4.69) is 10.0 Å². The Morgan fingerprint density at radius 2 is 1.81 bits per heavy atom. The van der Waals surface area contributed by atoms with Crippen LogP contribution in [0, 0.1) is 5.92 Å². The monoisotopic (exact) mass is 246 g/mol. The van der Waals surface area contributed by atoms with E-state index in [-0.39, 0.29) is 17.7 Å². The fourth-order valence-electron chi connectivity index (χ4n) is 2.89. The highest BCUT2D eigenvalue weighted by molar-refractivity contribution is 7.89. The van der Waals surface area contributed by atoms with Crippen molar-refractivity contribution in [2.24, 2.45) is 5.92 Å². The molecule has 2 heterocycles. The van der Waals surface area contributed by atoms with Crippen molar-refractivity contribution in [2.75, 3.05) is 5.75 Å². The molecule has 0 amide bonds. The summed E-state index contributed by atoms with van der Waals surface area (Å²) in [7, 11) is -3.08. The predicted octanol–water partition coefficient (Wildman–Crippen LogP) is 0.845. The topological polar surface area (TPSA) is 58.2 Å². The molecule has 2 aliphatic rings. The molecule has 0 saturated carbocycles. The van der Waals surface area contributed by atoms with Crippen LogP contribution in [0.4, 0.5) is 0 Å². The summed E-state index contributed by atoms with van der Waals surface area (Å²) in [5.41, 5.74) is 0. The van der Waals surface area contributed by atoms with Crippen molar-refractivity contribution in [2.45, 2.75) is 57.7 Å². The molecule has 16 heavy (non-hydrogen) atoms. The van der Waals surface area contributed by atoms with Crippen molar-refractivity contribution in [1.82, 2.24) is 10.0 Å². The quantitative estimate of drug-likeness (QED) is 0.773. The number of rotatable bonds is 4. The van der Waals surface area contributed by atoms with E-state index in [4.69, 9.17) is 0 Å². The highest BCUT2D eigenvalue weighted by atomic mass is 32.2. The first-order chi connectivity index (χ1) is 7.44. The number of piperidine rings is 1. The Labute approximate surface area is 98.2 Å². The number of nitrogens with one attached hydrogen (secondary N) is 2. The lowest BCUT2D eigenvalue weighted by Gasteiger charge is -2.29. The van der Waals surface area contributed by atoms with E-state index in [0.29, 0.717) is 12.1 Å². The van der Waals surface area contributed by atoms with Crippen LogP contribution in [0.2, 0.25) is 0 Å². The highest BCUT2D eigenvalue weighted by Crippen LogP contribution is 2.27. The maximum absolute atomic E-state index is 11.8. The Kier molecular flexibility index (Phi) is 3.56. The summed E-state index contributed by atoms with van der Waals surface area (Å²) in [6, 6.07) is 1.22. The van der Waals surface area contributed by atoms with E-state index < -0.39 is 10.0 Å². The van der Waals surface area contributed by atoms with Crippen LogP contribution in [0.25, 0.3) is 0 Å². The Morgan fingerprint density at radius 1 is 1.25 bits per heavy atom. The van der Waals surface area contributed by atoms with Crippen molar-refractivity contribution in [3.8, 4) is 0 Å². The Morgan fingerprint density at radius 3 is 2.31 bits per heavy atom. The average molecular weight is 246 g/mol. The van der Waals surface area contributed by atoms with Gasteiger partial charge in [0, 0.05) is 18.1 Å². The Balaban J connectivity index is 1.90. The first-order valence-electron chi connectivity index (χ1n) is 6.20. The average Bonchev–Trinajstić information content (AvgIpc) is 2.42. The fourth-order valence-corrected chi connectivity index (χ4v) is 4.57. The van der Waals surface area contributed by atoms with Gasteiger partial charge in [0.15, 0.2) is 0 Å². The van der Waals surface area contributed by atoms with Gasteiger partial charge < -0.3 is 5.32 Å². The van der Waals surface area contributed by atoms with E-state index in [1.807, 2.05) is 13.8 Å². The van der Waals surface area contributed by atoms with Crippen LogP contribution in [-0.2, 0) is 10.0 Å². The van der Waals surface area contributed by atoms with Crippen LogP contribution in [0.15, 0.2) is 0 Å². The molecule has 0 aromatic rings. The van der Waals surface area contributed by atoms with Gasteiger partial charge in [-0.3, -0.25) is 0 Å². The van der Waals surface area contributed by atoms with Crippen molar-refractivity contribution < 1.29 is 8.42 Å². The number of hydrogen-bond acceptors (Lipinski definition) is 3. The van der Waals surface area contributed by atoms with Crippen LogP contribution in [0.1, 0.15) is 39.5 Å². The van der Waals surface area contributed by atoms with E-state index in [0.717, 1.165) is 12.8 Å². The van der Waals surface area contributed by atoms with E-state index in [1.54, 1.807) is 0 Å². The van der Waals surface area contributed by atoms with Crippen molar-refractivity contribution >= 4 is 10.0 Å². The molecule has 2 saturated heterocycles. The molecule has 5 heteroatoms. The molecule has 0 aromatic heterocycles. The summed E-state index contributed by atoms with van der Waals surface area (Å²) in [6.45, 7) is 3.87. The molecule has 94 valence electrons. The zero-order valence-corrected chi connectivity index (χ0v) is 10.9. The SMILES string of the molecule is CC(C)CS(=O)(=O)NC1CC2CCC(C1)N2. The number of sulfonamides is 1. The molecule has 2 atom stereocenters. The summed E-state index contributed by atoms with van der Waals surface area (Å²) in [5.74, 6) is 0.433. The summed E-state index contributed by atoms with van der Waals surface area (Å²) in [4.78, 5) is 0. The zero-order chi connectivity index (χ0) is 11.8. The van der Waals surface area contributed by atoms with E-state index in [1.165, 1.54) is 12.8 Å². The van der Waals surface area contributed by atoms with Crippen LogP contribution >= 0.6 is 0 Å². The molecule has 0 aliphatic carbocycles. The molecule has 4 nitrogen and oxygen atoms in total. The van der Waals surface area contributed by atoms with Crippen molar-refractivity contribution in [1.29, 1.82) is 0 Å². The maximum atomic E-state index is 11.8. The van der Waals surface area contributed by atoms with Crippen LogP contribution in [-0.4, -0.2) is 32.3 Å². The third-order valence-corrected chi connectivity index (χ3v) is 5.17. The zero-order valence-electron chi connectivity index (χ0n) is 10.1. The molecule has 0 spiro atoms. The summed E-state index contributed by atoms with van der Waals surface area (Å²) in [6.07, 6.45) is 4.31. The minimum absolute atomic E-state index is 0.155. The van der Waals surface area contributed by atoms with Gasteiger partial charge in [0.25, 0.3) is 0 Å². The predicted molar refractivity (Wildman–Crippen MR) is 64.7 cm³/mol. The van der Waals surface area contributed by atoms with Gasteiger partial charge in [-0.05, 0) is 31.6 Å². The molecule has 2 bridgehead atoms. The molecule has 2 aliphatic heterocycles. The normalized spacial score (nSPS) is 34.6. The second kappa shape index (κ2) is 4.63. The highest BCUT2D eigenvalue weighted by Gasteiger charge is 2.34. The van der Waals surface area contributed by atoms with Gasteiger partial charge in [0.2, 0.25) is 10.0 Å². The van der Waals surface area contributed by atoms with Gasteiger partial charge in [-0.2, -0.15) is 0 Å². The summed E-state index contributed by atoms with van der Waals surface area (Å²) < 4.78 is 26.5. The molecule has 0 radical (unpaired) electrons. The lowest BCUT2D eigenvalue weighted by molar-refractivity contribution is 0.345. The third-order valence-electron chi connectivity index (χ3n) is 3.37. The summed E-state index contributed by atoms with van der Waals surface area (Å²) in [5, 5.41) is 3.51.